The van der Waals surface area contributed by atoms with Gasteiger partial charge in [0.05, 0.1) is 18.2 Å². The Morgan fingerprint density at radius 3 is 2.68 bits per heavy atom. The van der Waals surface area contributed by atoms with E-state index in [0.717, 1.165) is 55.1 Å². The van der Waals surface area contributed by atoms with Crippen molar-refractivity contribution in [2.45, 2.75) is 45.9 Å². The summed E-state index contributed by atoms with van der Waals surface area (Å²) in [7, 11) is 0. The van der Waals surface area contributed by atoms with Gasteiger partial charge in [-0.1, -0.05) is 62.4 Å². The van der Waals surface area contributed by atoms with Crippen LogP contribution >= 0.6 is 0 Å². The van der Waals surface area contributed by atoms with Crippen LogP contribution in [0, 0.1) is 12.8 Å². The van der Waals surface area contributed by atoms with Gasteiger partial charge in [0.1, 0.15) is 17.7 Å². The topological polar surface area (TPSA) is 73.4 Å². The van der Waals surface area contributed by atoms with Crippen molar-refractivity contribution in [3.63, 3.8) is 0 Å². The van der Waals surface area contributed by atoms with Gasteiger partial charge in [-0.25, -0.2) is 9.97 Å². The molecule has 1 unspecified atom stereocenters. The number of hydrogen-bond acceptors (Lipinski definition) is 6. The first-order chi connectivity index (χ1) is 18.4. The maximum absolute atomic E-state index is 13.6. The van der Waals surface area contributed by atoms with Crippen molar-refractivity contribution in [1.82, 2.24) is 25.1 Å². The molecule has 2 N–H and O–H groups in total. The minimum atomic E-state index is -0.397. The van der Waals surface area contributed by atoms with Crippen molar-refractivity contribution in [2.75, 3.05) is 31.5 Å². The Hall–Kier alpha value is -3.55. The van der Waals surface area contributed by atoms with Gasteiger partial charge in [-0.2, -0.15) is 0 Å². The molecule has 2 aliphatic heterocycles. The molecule has 2 atom stereocenters. The third-order valence-corrected chi connectivity index (χ3v) is 7.54. The molecule has 7 nitrogen and oxygen atoms in total. The molecular weight excluding hydrogens is 472 g/mol. The van der Waals surface area contributed by atoms with Crippen molar-refractivity contribution in [1.29, 1.82) is 0 Å². The molecule has 0 aliphatic carbocycles. The molecule has 1 aromatic heterocycles. The van der Waals surface area contributed by atoms with Crippen LogP contribution in [0.25, 0.3) is 16.5 Å². The van der Waals surface area contributed by atoms with Gasteiger partial charge < -0.3 is 10.6 Å². The highest BCUT2D eigenvalue weighted by atomic mass is 16.2. The predicted octanol–water partition coefficient (Wildman–Crippen LogP) is 4.61. The number of carbonyl (C=O) groups is 1. The zero-order valence-corrected chi connectivity index (χ0v) is 22.7. The number of para-hydroxylation sites is 1. The van der Waals surface area contributed by atoms with Gasteiger partial charge in [0.15, 0.2) is 0 Å². The number of aryl methyl sites for hydroxylation is 1. The molecule has 5 rings (SSSR count). The SMILES string of the molecule is C=CC/C=C(/CN1CCN2Cc3nc(c4ccccc4n3)N[C@@H](C(C)C)C(=O)NC2C1)c1ccccc1C. The zero-order valence-electron chi connectivity index (χ0n) is 22.7. The minimum Gasteiger partial charge on any atom is -0.358 e. The fraction of sp³-hybridized carbons (Fsp3) is 0.387. The molecule has 1 saturated heterocycles. The number of rotatable bonds is 6. The predicted molar refractivity (Wildman–Crippen MR) is 155 cm³/mol. The summed E-state index contributed by atoms with van der Waals surface area (Å²) in [6.45, 7) is 14.1. The zero-order chi connectivity index (χ0) is 26.6. The van der Waals surface area contributed by atoms with Crippen LogP contribution in [-0.4, -0.2) is 64.1 Å². The fourth-order valence-electron chi connectivity index (χ4n) is 5.43. The smallest absolute Gasteiger partial charge is 0.244 e. The third-order valence-electron chi connectivity index (χ3n) is 7.54. The number of aromatic nitrogens is 2. The molecule has 0 radical (unpaired) electrons. The van der Waals surface area contributed by atoms with Gasteiger partial charge in [0.2, 0.25) is 5.91 Å². The number of carbonyl (C=O) groups excluding carboxylic acids is 1. The Morgan fingerprint density at radius 2 is 1.89 bits per heavy atom. The summed E-state index contributed by atoms with van der Waals surface area (Å²) in [6.07, 6.45) is 4.91. The maximum Gasteiger partial charge on any atom is 0.244 e. The van der Waals surface area contributed by atoms with E-state index in [0.29, 0.717) is 6.54 Å². The molecule has 7 heteroatoms. The molecule has 2 aliphatic rings. The maximum atomic E-state index is 13.6. The van der Waals surface area contributed by atoms with E-state index in [-0.39, 0.29) is 18.0 Å². The Kier molecular flexibility index (Phi) is 7.86. The molecule has 198 valence electrons. The molecule has 38 heavy (non-hydrogen) atoms. The lowest BCUT2D eigenvalue weighted by atomic mass is 9.98. The average molecular weight is 511 g/mol. The van der Waals surface area contributed by atoms with Crippen LogP contribution in [0.4, 0.5) is 5.82 Å². The minimum absolute atomic E-state index is 0.00400. The number of piperazine rings is 1. The summed E-state index contributed by atoms with van der Waals surface area (Å²) in [5.41, 5.74) is 4.73. The lowest BCUT2D eigenvalue weighted by molar-refractivity contribution is -0.125. The van der Waals surface area contributed by atoms with Crippen LogP contribution in [0.15, 0.2) is 67.3 Å². The van der Waals surface area contributed by atoms with Crippen molar-refractivity contribution in [2.24, 2.45) is 5.92 Å². The highest BCUT2D eigenvalue weighted by molar-refractivity contribution is 5.92. The molecule has 3 heterocycles. The lowest BCUT2D eigenvalue weighted by Gasteiger charge is -2.42. The summed E-state index contributed by atoms with van der Waals surface area (Å²) >= 11 is 0. The number of amides is 1. The Balaban J connectivity index is 1.43. The summed E-state index contributed by atoms with van der Waals surface area (Å²) in [5, 5.41) is 7.76. The molecule has 3 aromatic rings. The van der Waals surface area contributed by atoms with E-state index in [1.54, 1.807) is 0 Å². The summed E-state index contributed by atoms with van der Waals surface area (Å²) < 4.78 is 0. The van der Waals surface area contributed by atoms with E-state index < -0.39 is 6.04 Å². The van der Waals surface area contributed by atoms with Crippen molar-refractivity contribution in [3.8, 4) is 0 Å². The molecule has 1 amide bonds. The summed E-state index contributed by atoms with van der Waals surface area (Å²) in [6, 6.07) is 16.1. The molecular formula is C31H38N6O. The third kappa shape index (κ3) is 5.64. The number of nitrogens with one attached hydrogen (secondary N) is 2. The van der Waals surface area contributed by atoms with Crippen LogP contribution in [0.3, 0.4) is 0 Å². The second kappa shape index (κ2) is 11.5. The van der Waals surface area contributed by atoms with Gasteiger partial charge in [-0.3, -0.25) is 14.6 Å². The second-order valence-corrected chi connectivity index (χ2v) is 10.7. The molecule has 0 saturated carbocycles. The number of fused-ring (bicyclic) bond motifs is 5. The standard InChI is InChI=1S/C31H38N6O/c1-5-6-12-23(24-13-8-7-11-22(24)4)18-36-16-17-37-19-27-32-26-15-10-9-14-25(26)30(33-27)35-29(21(2)3)31(38)34-28(37)20-36/h5,7-15,21,28-29H,1,6,16-20H2,2-4H3,(H,34,38)(H,32,33,35)/b23-12-/t28?,29-/m0/s1. The Bertz CT molecular complexity index is 1350. The molecule has 2 aromatic carbocycles. The van der Waals surface area contributed by atoms with Gasteiger partial charge in [-0.15, -0.1) is 6.58 Å². The quantitative estimate of drug-likeness (QED) is 0.472. The Morgan fingerprint density at radius 1 is 1.11 bits per heavy atom. The van der Waals surface area contributed by atoms with Gasteiger partial charge >= 0.3 is 0 Å². The van der Waals surface area contributed by atoms with Crippen LogP contribution < -0.4 is 10.6 Å². The molecule has 0 spiro atoms. The second-order valence-electron chi connectivity index (χ2n) is 10.7. The molecule has 1 fully saturated rings. The Labute approximate surface area is 225 Å². The molecule has 2 bridgehead atoms. The number of hydrogen-bond donors (Lipinski definition) is 2. The first-order valence-corrected chi connectivity index (χ1v) is 13.6. The highest BCUT2D eigenvalue weighted by Crippen LogP contribution is 2.26. The van der Waals surface area contributed by atoms with E-state index in [4.69, 9.17) is 9.97 Å². The van der Waals surface area contributed by atoms with Crippen LogP contribution in [0.5, 0.6) is 0 Å². The van der Waals surface area contributed by atoms with Crippen LogP contribution in [0.1, 0.15) is 37.2 Å². The number of anilines is 1. The van der Waals surface area contributed by atoms with Crippen LogP contribution in [0.2, 0.25) is 0 Å². The van der Waals surface area contributed by atoms with Gasteiger partial charge in [-0.05, 0) is 48.1 Å². The van der Waals surface area contributed by atoms with Crippen molar-refractivity contribution < 1.29 is 4.79 Å². The van der Waals surface area contributed by atoms with Gasteiger partial charge in [0.25, 0.3) is 0 Å². The first kappa shape index (κ1) is 26.1. The highest BCUT2D eigenvalue weighted by Gasteiger charge is 2.33. The van der Waals surface area contributed by atoms with E-state index in [9.17, 15) is 4.79 Å². The largest absolute Gasteiger partial charge is 0.358 e. The fourth-order valence-corrected chi connectivity index (χ4v) is 5.43. The first-order valence-electron chi connectivity index (χ1n) is 13.6. The number of allylic oxidation sites excluding steroid dienone is 2. The monoisotopic (exact) mass is 510 g/mol. The van der Waals surface area contributed by atoms with E-state index in [1.807, 2.05) is 30.3 Å². The summed E-state index contributed by atoms with van der Waals surface area (Å²) in [5.74, 6) is 1.60. The van der Waals surface area contributed by atoms with Gasteiger partial charge in [0, 0.05) is 31.6 Å². The van der Waals surface area contributed by atoms with Crippen molar-refractivity contribution >= 4 is 28.2 Å². The van der Waals surface area contributed by atoms with E-state index >= 15 is 0 Å². The normalized spacial score (nSPS) is 21.1. The average Bonchev–Trinajstić information content (AvgIpc) is 2.90. The number of nitrogens with zero attached hydrogens (tertiary/aromatic N) is 4. The van der Waals surface area contributed by atoms with Crippen molar-refractivity contribution in [3.05, 3.63) is 84.2 Å². The van der Waals surface area contributed by atoms with E-state index in [2.05, 4.69) is 78.1 Å². The van der Waals surface area contributed by atoms with E-state index in [1.165, 1.54) is 16.7 Å². The summed E-state index contributed by atoms with van der Waals surface area (Å²) in [4.78, 5) is 28.1. The lowest BCUT2D eigenvalue weighted by Crippen LogP contribution is -2.62. The number of benzene rings is 2. The van der Waals surface area contributed by atoms with Crippen LogP contribution in [-0.2, 0) is 11.3 Å².